The molecule has 0 aliphatic carbocycles. The Bertz CT molecular complexity index is 386. The van der Waals surface area contributed by atoms with Crippen LogP contribution in [-0.4, -0.2) is 46.7 Å². The normalized spacial score (nSPS) is 20.7. The molecular weight excluding hydrogens is 248 g/mol. The Balaban J connectivity index is 1.79. The number of piperidine rings is 1. The van der Waals surface area contributed by atoms with Crippen LogP contribution in [0.15, 0.2) is 12.4 Å². The predicted octanol–water partition coefficient (Wildman–Crippen LogP) is 2.06. The smallest absolute Gasteiger partial charge is 0.109 e. The van der Waals surface area contributed by atoms with E-state index in [2.05, 4.69) is 40.7 Å². The first-order chi connectivity index (χ1) is 9.66. The van der Waals surface area contributed by atoms with Gasteiger partial charge >= 0.3 is 0 Å². The summed E-state index contributed by atoms with van der Waals surface area (Å²) in [6.45, 7) is 9.19. The SMILES string of the molecule is CC(C)CNCC1CCCCN1CCc1nccn1C. The molecule has 1 aromatic heterocycles. The van der Waals surface area contributed by atoms with Crippen LogP contribution in [0, 0.1) is 5.92 Å². The molecule has 0 spiro atoms. The monoisotopic (exact) mass is 278 g/mol. The molecular formula is C16H30N4. The number of aromatic nitrogens is 2. The maximum atomic E-state index is 4.43. The molecule has 2 heterocycles. The van der Waals surface area contributed by atoms with E-state index in [9.17, 15) is 0 Å². The predicted molar refractivity (Wildman–Crippen MR) is 83.8 cm³/mol. The fourth-order valence-corrected chi connectivity index (χ4v) is 3.01. The van der Waals surface area contributed by atoms with E-state index in [4.69, 9.17) is 0 Å². The summed E-state index contributed by atoms with van der Waals surface area (Å²) in [5, 5.41) is 3.63. The number of hydrogen-bond donors (Lipinski definition) is 1. The van der Waals surface area contributed by atoms with Crippen LogP contribution in [-0.2, 0) is 13.5 Å². The summed E-state index contributed by atoms with van der Waals surface area (Å²) >= 11 is 0. The number of imidazole rings is 1. The Morgan fingerprint density at radius 1 is 1.40 bits per heavy atom. The summed E-state index contributed by atoms with van der Waals surface area (Å²) < 4.78 is 2.13. The molecule has 4 heteroatoms. The van der Waals surface area contributed by atoms with Crippen LogP contribution in [0.3, 0.4) is 0 Å². The number of rotatable bonds is 7. The Labute approximate surface area is 123 Å². The number of nitrogens with one attached hydrogen (secondary N) is 1. The molecule has 20 heavy (non-hydrogen) atoms. The van der Waals surface area contributed by atoms with E-state index in [0.29, 0.717) is 6.04 Å². The molecule has 4 nitrogen and oxygen atoms in total. The van der Waals surface area contributed by atoms with Gasteiger partial charge in [0.15, 0.2) is 0 Å². The Morgan fingerprint density at radius 2 is 2.25 bits per heavy atom. The minimum absolute atomic E-state index is 0.711. The Hall–Kier alpha value is -0.870. The van der Waals surface area contributed by atoms with Gasteiger partial charge in [0.25, 0.3) is 0 Å². The second-order valence-corrected chi connectivity index (χ2v) is 6.44. The topological polar surface area (TPSA) is 33.1 Å². The summed E-state index contributed by atoms with van der Waals surface area (Å²) in [5.74, 6) is 1.93. The first kappa shape index (κ1) is 15.5. The van der Waals surface area contributed by atoms with Gasteiger partial charge < -0.3 is 9.88 Å². The van der Waals surface area contributed by atoms with E-state index in [0.717, 1.165) is 32.0 Å². The average molecular weight is 278 g/mol. The highest BCUT2D eigenvalue weighted by Gasteiger charge is 2.22. The van der Waals surface area contributed by atoms with Crippen LogP contribution in [0.1, 0.15) is 38.9 Å². The van der Waals surface area contributed by atoms with E-state index in [-0.39, 0.29) is 0 Å². The molecule has 1 N–H and O–H groups in total. The van der Waals surface area contributed by atoms with Gasteiger partial charge in [0.2, 0.25) is 0 Å². The van der Waals surface area contributed by atoms with Crippen molar-refractivity contribution in [3.8, 4) is 0 Å². The highest BCUT2D eigenvalue weighted by atomic mass is 15.2. The van der Waals surface area contributed by atoms with Crippen molar-refractivity contribution in [2.24, 2.45) is 13.0 Å². The van der Waals surface area contributed by atoms with Gasteiger partial charge in [-0.2, -0.15) is 0 Å². The van der Waals surface area contributed by atoms with E-state index in [1.807, 2.05) is 12.4 Å². The summed E-state index contributed by atoms with van der Waals surface area (Å²) in [7, 11) is 2.08. The van der Waals surface area contributed by atoms with Gasteiger partial charge in [-0.3, -0.25) is 4.90 Å². The summed E-state index contributed by atoms with van der Waals surface area (Å²) in [4.78, 5) is 7.09. The summed E-state index contributed by atoms with van der Waals surface area (Å²) in [5.41, 5.74) is 0. The van der Waals surface area contributed by atoms with E-state index < -0.39 is 0 Å². The van der Waals surface area contributed by atoms with Crippen molar-refractivity contribution < 1.29 is 0 Å². The minimum atomic E-state index is 0.711. The van der Waals surface area contributed by atoms with Crippen LogP contribution in [0.5, 0.6) is 0 Å². The lowest BCUT2D eigenvalue weighted by Crippen LogP contribution is -2.46. The zero-order valence-corrected chi connectivity index (χ0v) is 13.3. The van der Waals surface area contributed by atoms with E-state index >= 15 is 0 Å². The van der Waals surface area contributed by atoms with Gasteiger partial charge in [-0.05, 0) is 31.8 Å². The van der Waals surface area contributed by atoms with Crippen molar-refractivity contribution >= 4 is 0 Å². The molecule has 1 fully saturated rings. The third kappa shape index (κ3) is 4.60. The lowest BCUT2D eigenvalue weighted by Gasteiger charge is -2.36. The van der Waals surface area contributed by atoms with Gasteiger partial charge in [-0.1, -0.05) is 20.3 Å². The molecule has 0 amide bonds. The minimum Gasteiger partial charge on any atom is -0.338 e. The molecule has 0 saturated carbocycles. The standard InChI is InChI=1S/C16H30N4/c1-14(2)12-17-13-15-6-4-5-9-20(15)10-7-16-18-8-11-19(16)3/h8,11,14-15,17H,4-7,9-10,12-13H2,1-3H3. The van der Waals surface area contributed by atoms with Crippen LogP contribution in [0.2, 0.25) is 0 Å². The molecule has 1 atom stereocenters. The number of likely N-dealkylation sites (tertiary alicyclic amines) is 1. The average Bonchev–Trinajstić information content (AvgIpc) is 2.83. The van der Waals surface area contributed by atoms with Crippen LogP contribution in [0.4, 0.5) is 0 Å². The third-order valence-electron chi connectivity index (χ3n) is 4.23. The van der Waals surface area contributed by atoms with Crippen LogP contribution < -0.4 is 5.32 Å². The lowest BCUT2D eigenvalue weighted by molar-refractivity contribution is 0.145. The molecule has 2 rings (SSSR count). The van der Waals surface area contributed by atoms with Crippen molar-refractivity contribution in [1.29, 1.82) is 0 Å². The molecule has 1 aromatic rings. The molecule has 0 radical (unpaired) electrons. The molecule has 0 bridgehead atoms. The highest BCUT2D eigenvalue weighted by molar-refractivity contribution is 4.92. The zero-order valence-electron chi connectivity index (χ0n) is 13.3. The van der Waals surface area contributed by atoms with Crippen molar-refractivity contribution in [3.05, 3.63) is 18.2 Å². The molecule has 114 valence electrons. The fourth-order valence-electron chi connectivity index (χ4n) is 3.01. The summed E-state index contributed by atoms with van der Waals surface area (Å²) in [6, 6.07) is 0.711. The van der Waals surface area contributed by atoms with Crippen molar-refractivity contribution in [3.63, 3.8) is 0 Å². The van der Waals surface area contributed by atoms with Gasteiger partial charge in [-0.25, -0.2) is 4.98 Å². The maximum absolute atomic E-state index is 4.43. The number of nitrogens with zero attached hydrogens (tertiary/aromatic N) is 3. The van der Waals surface area contributed by atoms with E-state index in [1.165, 1.54) is 31.6 Å². The van der Waals surface area contributed by atoms with Gasteiger partial charge in [0, 0.05) is 45.0 Å². The zero-order chi connectivity index (χ0) is 14.4. The first-order valence-corrected chi connectivity index (χ1v) is 8.07. The van der Waals surface area contributed by atoms with Crippen molar-refractivity contribution in [2.45, 2.75) is 45.6 Å². The van der Waals surface area contributed by atoms with Gasteiger partial charge in [0.05, 0.1) is 0 Å². The second-order valence-electron chi connectivity index (χ2n) is 6.44. The maximum Gasteiger partial charge on any atom is 0.109 e. The van der Waals surface area contributed by atoms with Crippen LogP contribution in [0.25, 0.3) is 0 Å². The molecule has 1 saturated heterocycles. The quantitative estimate of drug-likeness (QED) is 0.829. The lowest BCUT2D eigenvalue weighted by atomic mass is 10.0. The molecule has 1 unspecified atom stereocenters. The highest BCUT2D eigenvalue weighted by Crippen LogP contribution is 2.17. The van der Waals surface area contributed by atoms with Crippen molar-refractivity contribution in [2.75, 3.05) is 26.2 Å². The van der Waals surface area contributed by atoms with Gasteiger partial charge in [0.1, 0.15) is 5.82 Å². The Kier molecular flexibility index (Phi) is 6.05. The van der Waals surface area contributed by atoms with Crippen molar-refractivity contribution in [1.82, 2.24) is 19.8 Å². The number of aryl methyl sites for hydroxylation is 1. The first-order valence-electron chi connectivity index (χ1n) is 8.07. The Morgan fingerprint density at radius 3 is 2.95 bits per heavy atom. The van der Waals surface area contributed by atoms with E-state index in [1.54, 1.807) is 0 Å². The summed E-state index contributed by atoms with van der Waals surface area (Å²) in [6.07, 6.45) is 9.06. The van der Waals surface area contributed by atoms with Crippen LogP contribution >= 0.6 is 0 Å². The molecule has 1 aliphatic heterocycles. The molecule has 0 aromatic carbocycles. The fraction of sp³-hybridized carbons (Fsp3) is 0.812. The largest absolute Gasteiger partial charge is 0.338 e. The molecule has 1 aliphatic rings. The van der Waals surface area contributed by atoms with Gasteiger partial charge in [-0.15, -0.1) is 0 Å². The third-order valence-corrected chi connectivity index (χ3v) is 4.23. The number of hydrogen-bond acceptors (Lipinski definition) is 3. The second kappa shape index (κ2) is 7.79.